The number of carboxylic acid groups (broad SMARTS) is 2. The molecule has 0 amide bonds. The molecule has 0 saturated heterocycles. The van der Waals surface area contributed by atoms with Gasteiger partial charge in [0, 0.05) is 18.7 Å². The summed E-state index contributed by atoms with van der Waals surface area (Å²) >= 11 is 6.40. The molecule has 4 rings (SSSR count). The van der Waals surface area contributed by atoms with Gasteiger partial charge < -0.3 is 10.2 Å². The Morgan fingerprint density at radius 1 is 0.951 bits per heavy atom. The molecule has 0 fully saturated rings. The highest BCUT2D eigenvalue weighted by Gasteiger charge is 2.14. The van der Waals surface area contributed by atoms with Crippen LogP contribution in [-0.4, -0.2) is 54.7 Å². The second-order valence-electron chi connectivity index (χ2n) is 8.58. The average Bonchev–Trinajstić information content (AvgIpc) is 2.95. The number of pyridine rings is 1. The van der Waals surface area contributed by atoms with Crippen LogP contribution in [0.1, 0.15) is 31.1 Å². The predicted octanol–water partition coefficient (Wildman–Crippen LogP) is 5.30. The van der Waals surface area contributed by atoms with Gasteiger partial charge in [-0.05, 0) is 67.7 Å². The summed E-state index contributed by atoms with van der Waals surface area (Å²) in [6.07, 6.45) is 4.66. The van der Waals surface area contributed by atoms with Crippen molar-refractivity contribution in [3.63, 3.8) is 0 Å². The van der Waals surface area contributed by atoms with E-state index < -0.39 is 23.3 Å². The summed E-state index contributed by atoms with van der Waals surface area (Å²) in [4.78, 5) is 44.1. The van der Waals surface area contributed by atoms with Crippen LogP contribution in [0.2, 0.25) is 5.02 Å². The number of aromatic nitrogens is 3. The third kappa shape index (κ3) is 8.66. The molecule has 0 atom stereocenters. The number of hydrogen-bond acceptors (Lipinski definition) is 6. The second-order valence-corrected chi connectivity index (χ2v) is 8.99. The van der Waals surface area contributed by atoms with Gasteiger partial charge in [0.25, 0.3) is 5.56 Å². The first kappa shape index (κ1) is 30.9. The van der Waals surface area contributed by atoms with Crippen molar-refractivity contribution in [1.29, 1.82) is 0 Å². The minimum absolute atomic E-state index is 0.186. The standard InChI is InChI=1S/C26H24ClFN4O.C4H4O4/c1-3-31(4-2)17-20-9-7-8-19(29-20)13-15-25-30-23-14-12-18(28)16-21(23)26(33)32(25)24-11-6-5-10-22(24)27;5-3(6)1-2-4(7)8/h5-16H,3-4,17H2,1-2H3;1-2H,(H,5,6)(H,7,8)/b15-13+;2-1+. The fourth-order valence-electron chi connectivity index (χ4n) is 3.81. The maximum Gasteiger partial charge on any atom is 0.328 e. The minimum Gasteiger partial charge on any atom is -0.478 e. The molecule has 0 radical (unpaired) electrons. The quantitative estimate of drug-likeness (QED) is 0.256. The predicted molar refractivity (Wildman–Crippen MR) is 157 cm³/mol. The largest absolute Gasteiger partial charge is 0.478 e. The molecule has 2 aromatic heterocycles. The zero-order chi connectivity index (χ0) is 29.9. The number of carbonyl (C=O) groups is 2. The summed E-state index contributed by atoms with van der Waals surface area (Å²) in [5, 5.41) is 16.2. The van der Waals surface area contributed by atoms with Crippen LogP contribution in [0.15, 0.2) is 77.6 Å². The Kier molecular flexibility index (Phi) is 11.0. The lowest BCUT2D eigenvalue weighted by Crippen LogP contribution is -2.23. The summed E-state index contributed by atoms with van der Waals surface area (Å²) in [6.45, 7) is 6.91. The molecule has 2 N–H and O–H groups in total. The number of halogens is 2. The second kappa shape index (κ2) is 14.6. The summed E-state index contributed by atoms with van der Waals surface area (Å²) in [5.74, 6) is -2.63. The topological polar surface area (TPSA) is 126 Å². The van der Waals surface area contributed by atoms with Crippen LogP contribution in [-0.2, 0) is 16.1 Å². The van der Waals surface area contributed by atoms with Crippen molar-refractivity contribution in [2.24, 2.45) is 0 Å². The summed E-state index contributed by atoms with van der Waals surface area (Å²) in [6, 6.07) is 16.9. The molecule has 2 heterocycles. The number of carboxylic acids is 2. The highest BCUT2D eigenvalue weighted by Crippen LogP contribution is 2.22. The van der Waals surface area contributed by atoms with Crippen LogP contribution in [0.3, 0.4) is 0 Å². The summed E-state index contributed by atoms with van der Waals surface area (Å²) < 4.78 is 15.3. The van der Waals surface area contributed by atoms with Crippen LogP contribution in [0.25, 0.3) is 28.7 Å². The highest BCUT2D eigenvalue weighted by atomic mass is 35.5. The number of hydrogen-bond donors (Lipinski definition) is 2. The van der Waals surface area contributed by atoms with Gasteiger partial charge in [-0.25, -0.2) is 19.0 Å². The number of rotatable bonds is 9. The molecule has 0 aliphatic heterocycles. The molecule has 11 heteroatoms. The van der Waals surface area contributed by atoms with Crippen molar-refractivity contribution >= 4 is 46.6 Å². The van der Waals surface area contributed by atoms with E-state index in [2.05, 4.69) is 23.7 Å². The van der Waals surface area contributed by atoms with E-state index in [1.54, 1.807) is 30.3 Å². The molecule has 9 nitrogen and oxygen atoms in total. The smallest absolute Gasteiger partial charge is 0.328 e. The lowest BCUT2D eigenvalue weighted by Gasteiger charge is -2.17. The Balaban J connectivity index is 0.000000507. The molecular weight excluding hydrogens is 551 g/mol. The summed E-state index contributed by atoms with van der Waals surface area (Å²) in [7, 11) is 0. The molecule has 0 spiro atoms. The lowest BCUT2D eigenvalue weighted by atomic mass is 10.2. The van der Waals surface area contributed by atoms with Gasteiger partial charge in [0.15, 0.2) is 0 Å². The first-order valence-electron chi connectivity index (χ1n) is 12.6. The van der Waals surface area contributed by atoms with Crippen molar-refractivity contribution in [2.45, 2.75) is 20.4 Å². The van der Waals surface area contributed by atoms with Gasteiger partial charge in [-0.2, -0.15) is 0 Å². The SMILES string of the molecule is CCN(CC)Cc1cccc(/C=C/c2nc3ccc(F)cc3c(=O)n2-c2ccccc2Cl)n1.O=C(O)/C=C/C(=O)O. The molecule has 2 aromatic carbocycles. The van der Waals surface area contributed by atoms with Gasteiger partial charge >= 0.3 is 11.9 Å². The highest BCUT2D eigenvalue weighted by molar-refractivity contribution is 6.32. The molecule has 41 heavy (non-hydrogen) atoms. The maximum absolute atomic E-state index is 13.9. The van der Waals surface area contributed by atoms with E-state index in [1.165, 1.54) is 22.8 Å². The number of aliphatic carboxylic acids is 2. The number of benzene rings is 2. The van der Waals surface area contributed by atoms with Gasteiger partial charge in [0.05, 0.1) is 33.0 Å². The summed E-state index contributed by atoms with van der Waals surface area (Å²) in [5.41, 5.74) is 2.21. The number of nitrogens with zero attached hydrogens (tertiary/aromatic N) is 4. The van der Waals surface area contributed by atoms with E-state index in [9.17, 15) is 18.8 Å². The average molecular weight is 579 g/mol. The maximum atomic E-state index is 13.9. The molecular formula is C30H28ClFN4O5. The van der Waals surface area contributed by atoms with Gasteiger partial charge in [0.1, 0.15) is 11.6 Å². The van der Waals surface area contributed by atoms with Crippen LogP contribution in [0.5, 0.6) is 0 Å². The normalized spacial score (nSPS) is 11.2. The zero-order valence-corrected chi connectivity index (χ0v) is 23.1. The first-order chi connectivity index (χ1) is 19.6. The van der Waals surface area contributed by atoms with Gasteiger partial charge in [-0.3, -0.25) is 19.2 Å². The van der Waals surface area contributed by atoms with Crippen LogP contribution >= 0.6 is 11.6 Å². The Morgan fingerprint density at radius 2 is 1.63 bits per heavy atom. The monoisotopic (exact) mass is 578 g/mol. The van der Waals surface area contributed by atoms with Gasteiger partial charge in [-0.15, -0.1) is 0 Å². The van der Waals surface area contributed by atoms with Crippen molar-refractivity contribution in [2.75, 3.05) is 13.1 Å². The molecule has 4 aromatic rings. The van der Waals surface area contributed by atoms with E-state index in [-0.39, 0.29) is 5.39 Å². The van der Waals surface area contributed by atoms with Crippen LogP contribution in [0, 0.1) is 5.82 Å². The van der Waals surface area contributed by atoms with E-state index >= 15 is 0 Å². The first-order valence-corrected chi connectivity index (χ1v) is 13.0. The van der Waals surface area contributed by atoms with Gasteiger partial charge in [0.2, 0.25) is 0 Å². The van der Waals surface area contributed by atoms with E-state index in [0.29, 0.717) is 34.2 Å². The third-order valence-electron chi connectivity index (χ3n) is 5.83. The van der Waals surface area contributed by atoms with Gasteiger partial charge in [-0.1, -0.05) is 43.6 Å². The van der Waals surface area contributed by atoms with E-state index in [1.807, 2.05) is 24.3 Å². The Morgan fingerprint density at radius 3 is 2.27 bits per heavy atom. The van der Waals surface area contributed by atoms with Crippen molar-refractivity contribution in [3.8, 4) is 5.69 Å². The molecule has 0 unspecified atom stereocenters. The number of para-hydroxylation sites is 1. The molecule has 212 valence electrons. The fraction of sp³-hybridized carbons (Fsp3) is 0.167. The Hall–Kier alpha value is -4.67. The van der Waals surface area contributed by atoms with Crippen LogP contribution in [0.4, 0.5) is 4.39 Å². The Bertz CT molecular complexity index is 1650. The Labute approximate surface area is 240 Å². The van der Waals surface area contributed by atoms with E-state index in [4.69, 9.17) is 26.8 Å². The lowest BCUT2D eigenvalue weighted by molar-refractivity contribution is -0.134. The van der Waals surface area contributed by atoms with E-state index in [0.717, 1.165) is 31.0 Å². The van der Waals surface area contributed by atoms with Crippen molar-refractivity contribution in [3.05, 3.63) is 111 Å². The zero-order valence-electron chi connectivity index (χ0n) is 22.4. The molecule has 0 aliphatic rings. The number of fused-ring (bicyclic) bond motifs is 1. The fourth-order valence-corrected chi connectivity index (χ4v) is 4.03. The van der Waals surface area contributed by atoms with Crippen molar-refractivity contribution < 1.29 is 24.2 Å². The van der Waals surface area contributed by atoms with Crippen LogP contribution < -0.4 is 5.56 Å². The minimum atomic E-state index is -1.26. The molecule has 0 aliphatic carbocycles. The third-order valence-corrected chi connectivity index (χ3v) is 6.15. The molecule has 0 bridgehead atoms. The molecule has 0 saturated carbocycles. The van der Waals surface area contributed by atoms with Crippen molar-refractivity contribution in [1.82, 2.24) is 19.4 Å².